The molecule has 26 heavy (non-hydrogen) atoms. The molecule has 138 valence electrons. The number of para-hydroxylation sites is 1. The number of amides is 1. The number of piperazine rings is 1. The summed E-state index contributed by atoms with van der Waals surface area (Å²) in [6.45, 7) is 3.32. The number of pyridine rings is 1. The van der Waals surface area contributed by atoms with Crippen LogP contribution < -0.4 is 10.2 Å². The standard InChI is InChI=1S/C18H22N4O3S/c1-26(24,25)16-7-3-2-6-15(16)20-18(23)14-21-10-12-22(13-11-21)17-8-4-5-9-19-17/h2-9H,10-14H2,1H3,(H,20,23). The highest BCUT2D eigenvalue weighted by atomic mass is 32.2. The second-order valence-corrected chi connectivity index (χ2v) is 8.25. The Hall–Kier alpha value is -2.45. The zero-order chi connectivity index (χ0) is 18.6. The Morgan fingerprint density at radius 1 is 1.08 bits per heavy atom. The first kappa shape index (κ1) is 18.3. The van der Waals surface area contributed by atoms with Gasteiger partial charge in [-0.3, -0.25) is 9.69 Å². The molecule has 0 spiro atoms. The number of anilines is 2. The molecule has 1 aromatic heterocycles. The minimum atomic E-state index is -3.39. The Kier molecular flexibility index (Phi) is 5.53. The fourth-order valence-corrected chi connectivity index (χ4v) is 3.81. The Morgan fingerprint density at radius 2 is 1.77 bits per heavy atom. The van der Waals surface area contributed by atoms with Crippen LogP contribution in [0.5, 0.6) is 0 Å². The number of benzene rings is 1. The van der Waals surface area contributed by atoms with Gasteiger partial charge in [0, 0.05) is 38.6 Å². The molecular formula is C18H22N4O3S. The van der Waals surface area contributed by atoms with E-state index in [2.05, 4.69) is 20.1 Å². The van der Waals surface area contributed by atoms with Crippen LogP contribution in [0.4, 0.5) is 11.5 Å². The fraction of sp³-hybridized carbons (Fsp3) is 0.333. The van der Waals surface area contributed by atoms with Gasteiger partial charge in [-0.05, 0) is 24.3 Å². The molecule has 1 saturated heterocycles. The number of sulfone groups is 1. The maximum Gasteiger partial charge on any atom is 0.238 e. The molecule has 2 aromatic rings. The number of hydrogen-bond donors (Lipinski definition) is 1. The molecular weight excluding hydrogens is 352 g/mol. The average Bonchev–Trinajstić information content (AvgIpc) is 2.62. The predicted octanol–water partition coefficient (Wildman–Crippen LogP) is 1.25. The Morgan fingerprint density at radius 3 is 2.42 bits per heavy atom. The molecule has 1 aliphatic heterocycles. The maximum atomic E-state index is 12.3. The highest BCUT2D eigenvalue weighted by Gasteiger charge is 2.21. The van der Waals surface area contributed by atoms with Crippen molar-refractivity contribution in [1.82, 2.24) is 9.88 Å². The van der Waals surface area contributed by atoms with Crippen molar-refractivity contribution in [3.63, 3.8) is 0 Å². The van der Waals surface area contributed by atoms with Crippen molar-refractivity contribution in [2.45, 2.75) is 4.90 Å². The van der Waals surface area contributed by atoms with E-state index in [1.165, 1.54) is 6.07 Å². The van der Waals surface area contributed by atoms with Gasteiger partial charge in [0.2, 0.25) is 5.91 Å². The lowest BCUT2D eigenvalue weighted by molar-refractivity contribution is -0.117. The molecule has 0 bridgehead atoms. The molecule has 1 N–H and O–H groups in total. The molecule has 0 radical (unpaired) electrons. The number of rotatable bonds is 5. The van der Waals surface area contributed by atoms with Crippen molar-refractivity contribution in [1.29, 1.82) is 0 Å². The van der Waals surface area contributed by atoms with E-state index in [4.69, 9.17) is 0 Å². The number of hydrogen-bond acceptors (Lipinski definition) is 6. The summed E-state index contributed by atoms with van der Waals surface area (Å²) >= 11 is 0. The van der Waals surface area contributed by atoms with Crippen molar-refractivity contribution in [3.05, 3.63) is 48.7 Å². The van der Waals surface area contributed by atoms with Gasteiger partial charge in [0.05, 0.1) is 17.1 Å². The largest absolute Gasteiger partial charge is 0.354 e. The van der Waals surface area contributed by atoms with E-state index in [0.717, 1.165) is 38.3 Å². The lowest BCUT2D eigenvalue weighted by Crippen LogP contribution is -2.48. The molecule has 1 fully saturated rings. The van der Waals surface area contributed by atoms with Crippen LogP contribution in [0.2, 0.25) is 0 Å². The van der Waals surface area contributed by atoms with Crippen LogP contribution in [0.15, 0.2) is 53.6 Å². The molecule has 0 unspecified atom stereocenters. The van der Waals surface area contributed by atoms with Crippen molar-refractivity contribution in [2.75, 3.05) is 49.2 Å². The van der Waals surface area contributed by atoms with E-state index in [1.54, 1.807) is 24.4 Å². The summed E-state index contributed by atoms with van der Waals surface area (Å²) in [5.74, 6) is 0.728. The summed E-state index contributed by atoms with van der Waals surface area (Å²) in [6.07, 6.45) is 2.91. The van der Waals surface area contributed by atoms with Crippen LogP contribution in [-0.4, -0.2) is 63.2 Å². The summed E-state index contributed by atoms with van der Waals surface area (Å²) in [6, 6.07) is 12.3. The summed E-state index contributed by atoms with van der Waals surface area (Å²) in [7, 11) is -3.39. The molecule has 1 aromatic carbocycles. The van der Waals surface area contributed by atoms with Crippen LogP contribution in [0.1, 0.15) is 0 Å². The summed E-state index contributed by atoms with van der Waals surface area (Å²) in [5, 5.41) is 2.72. The third kappa shape index (κ3) is 4.59. The SMILES string of the molecule is CS(=O)(=O)c1ccccc1NC(=O)CN1CCN(c2ccccn2)CC1. The van der Waals surface area contributed by atoms with E-state index in [0.29, 0.717) is 5.69 Å². The molecule has 8 heteroatoms. The Balaban J connectivity index is 1.56. The molecule has 1 amide bonds. The summed E-state index contributed by atoms with van der Waals surface area (Å²) in [4.78, 5) is 21.1. The second kappa shape index (κ2) is 7.84. The first-order chi connectivity index (χ1) is 12.4. The van der Waals surface area contributed by atoms with Gasteiger partial charge in [-0.2, -0.15) is 0 Å². The third-order valence-electron chi connectivity index (χ3n) is 4.27. The predicted molar refractivity (Wildman–Crippen MR) is 101 cm³/mol. The summed E-state index contributed by atoms with van der Waals surface area (Å²) in [5.41, 5.74) is 0.326. The van der Waals surface area contributed by atoms with Gasteiger partial charge in [-0.25, -0.2) is 13.4 Å². The van der Waals surface area contributed by atoms with Crippen LogP contribution in [0.3, 0.4) is 0 Å². The second-order valence-electron chi connectivity index (χ2n) is 6.27. The normalized spacial score (nSPS) is 15.7. The average molecular weight is 374 g/mol. The third-order valence-corrected chi connectivity index (χ3v) is 5.43. The lowest BCUT2D eigenvalue weighted by Gasteiger charge is -2.34. The van der Waals surface area contributed by atoms with E-state index in [1.807, 2.05) is 18.2 Å². The van der Waals surface area contributed by atoms with Gasteiger partial charge in [-0.1, -0.05) is 18.2 Å². The monoisotopic (exact) mass is 374 g/mol. The van der Waals surface area contributed by atoms with Gasteiger partial charge < -0.3 is 10.2 Å². The van der Waals surface area contributed by atoms with Crippen LogP contribution in [-0.2, 0) is 14.6 Å². The zero-order valence-corrected chi connectivity index (χ0v) is 15.4. The number of nitrogens with zero attached hydrogens (tertiary/aromatic N) is 3. The number of carbonyl (C=O) groups excluding carboxylic acids is 1. The smallest absolute Gasteiger partial charge is 0.238 e. The quantitative estimate of drug-likeness (QED) is 0.848. The van der Waals surface area contributed by atoms with Gasteiger partial charge in [0.15, 0.2) is 9.84 Å². The van der Waals surface area contributed by atoms with Crippen LogP contribution in [0.25, 0.3) is 0 Å². The van der Waals surface area contributed by atoms with Crippen molar-refractivity contribution in [3.8, 4) is 0 Å². The van der Waals surface area contributed by atoms with Crippen molar-refractivity contribution >= 4 is 27.2 Å². The van der Waals surface area contributed by atoms with Crippen LogP contribution >= 0.6 is 0 Å². The minimum absolute atomic E-state index is 0.133. The van der Waals surface area contributed by atoms with E-state index in [-0.39, 0.29) is 17.3 Å². The highest BCUT2D eigenvalue weighted by Crippen LogP contribution is 2.20. The van der Waals surface area contributed by atoms with Gasteiger partial charge in [0.1, 0.15) is 5.82 Å². The minimum Gasteiger partial charge on any atom is -0.354 e. The fourth-order valence-electron chi connectivity index (χ4n) is 2.96. The zero-order valence-electron chi connectivity index (χ0n) is 14.6. The number of carbonyl (C=O) groups is 1. The summed E-state index contributed by atoms with van der Waals surface area (Å²) < 4.78 is 23.6. The first-order valence-corrected chi connectivity index (χ1v) is 10.3. The number of nitrogens with one attached hydrogen (secondary N) is 1. The van der Waals surface area contributed by atoms with Gasteiger partial charge in [-0.15, -0.1) is 0 Å². The Labute approximate surface area is 153 Å². The van der Waals surface area contributed by atoms with Crippen molar-refractivity contribution < 1.29 is 13.2 Å². The van der Waals surface area contributed by atoms with Gasteiger partial charge >= 0.3 is 0 Å². The van der Waals surface area contributed by atoms with E-state index in [9.17, 15) is 13.2 Å². The van der Waals surface area contributed by atoms with Crippen LogP contribution in [0, 0.1) is 0 Å². The van der Waals surface area contributed by atoms with Crippen molar-refractivity contribution in [2.24, 2.45) is 0 Å². The molecule has 0 atom stereocenters. The maximum absolute atomic E-state index is 12.3. The van der Waals surface area contributed by atoms with E-state index < -0.39 is 9.84 Å². The highest BCUT2D eigenvalue weighted by molar-refractivity contribution is 7.90. The first-order valence-electron chi connectivity index (χ1n) is 8.41. The molecule has 0 saturated carbocycles. The molecule has 2 heterocycles. The van der Waals surface area contributed by atoms with Gasteiger partial charge in [0.25, 0.3) is 0 Å². The Bertz CT molecular complexity index is 863. The van der Waals surface area contributed by atoms with E-state index >= 15 is 0 Å². The molecule has 0 aliphatic carbocycles. The lowest BCUT2D eigenvalue weighted by atomic mass is 10.3. The molecule has 3 rings (SSSR count). The molecule has 7 nitrogen and oxygen atoms in total. The number of aromatic nitrogens is 1. The molecule has 1 aliphatic rings. The topological polar surface area (TPSA) is 82.6 Å².